The van der Waals surface area contributed by atoms with Crippen molar-refractivity contribution in [2.45, 2.75) is 26.8 Å². The average Bonchev–Trinajstić information content (AvgIpc) is 3.27. The van der Waals surface area contributed by atoms with Crippen LogP contribution in [0.5, 0.6) is 11.5 Å². The first-order chi connectivity index (χ1) is 15.9. The maximum Gasteiger partial charge on any atom is 0.338 e. The number of esters is 1. The van der Waals surface area contributed by atoms with Gasteiger partial charge in [0.05, 0.1) is 18.2 Å². The van der Waals surface area contributed by atoms with Gasteiger partial charge in [-0.1, -0.05) is 12.1 Å². The molecule has 2 N–H and O–H groups in total. The molecule has 2 aromatic carbocycles. The summed E-state index contributed by atoms with van der Waals surface area (Å²) in [5, 5.41) is 6.68. The Labute approximate surface area is 197 Å². The molecule has 1 unspecified atom stereocenters. The lowest BCUT2D eigenvalue weighted by Crippen LogP contribution is -2.47. The Kier molecular flexibility index (Phi) is 6.50. The van der Waals surface area contributed by atoms with Crippen molar-refractivity contribution in [3.8, 4) is 11.5 Å². The van der Waals surface area contributed by atoms with E-state index in [0.29, 0.717) is 40.0 Å². The molecule has 9 heteroatoms. The molecule has 1 atom stereocenters. The van der Waals surface area contributed by atoms with Crippen LogP contribution in [-0.4, -0.2) is 41.8 Å². The average molecular weight is 468 g/mol. The summed E-state index contributed by atoms with van der Waals surface area (Å²) in [6.45, 7) is 6.63. The number of benzene rings is 2. The number of hydrogen-bond donors (Lipinski definition) is 2. The molecule has 4 rings (SSSR count). The van der Waals surface area contributed by atoms with Crippen LogP contribution in [0.15, 0.2) is 53.7 Å². The van der Waals surface area contributed by atoms with Crippen molar-refractivity contribution in [2.24, 2.45) is 0 Å². The molecule has 2 aliphatic heterocycles. The minimum Gasteiger partial charge on any atom is -0.463 e. The Hall–Kier alpha value is -3.59. The number of nitrogens with zero attached hydrogens (tertiary/aromatic N) is 1. The third kappa shape index (κ3) is 4.49. The molecule has 1 amide bonds. The maximum absolute atomic E-state index is 12.8. The van der Waals surface area contributed by atoms with E-state index in [1.165, 1.54) is 0 Å². The van der Waals surface area contributed by atoms with Crippen molar-refractivity contribution in [3.05, 3.63) is 64.9 Å². The van der Waals surface area contributed by atoms with Crippen LogP contribution in [-0.2, 0) is 9.53 Å². The molecule has 8 nitrogen and oxygen atoms in total. The van der Waals surface area contributed by atoms with Crippen LogP contribution >= 0.6 is 12.2 Å². The van der Waals surface area contributed by atoms with E-state index in [9.17, 15) is 9.59 Å². The number of rotatable bonds is 6. The molecular formula is C24H25N3O5S. The van der Waals surface area contributed by atoms with Gasteiger partial charge in [-0.2, -0.15) is 0 Å². The van der Waals surface area contributed by atoms with Gasteiger partial charge in [0, 0.05) is 23.5 Å². The Bertz CT molecular complexity index is 1150. The number of carbonyl (C=O) groups excluding carboxylic acids is 2. The lowest BCUT2D eigenvalue weighted by atomic mass is 9.94. The number of anilines is 1. The number of ether oxygens (including phenoxy) is 3. The normalized spacial score (nSPS) is 17.0. The van der Waals surface area contributed by atoms with Crippen LogP contribution in [0, 0.1) is 0 Å². The number of hydrogen-bond acceptors (Lipinski definition) is 6. The number of fused-ring (bicyclic) bond motifs is 1. The van der Waals surface area contributed by atoms with Crippen LogP contribution in [0.1, 0.15) is 42.7 Å². The lowest BCUT2D eigenvalue weighted by Gasteiger charge is -2.37. The molecule has 0 bridgehead atoms. The van der Waals surface area contributed by atoms with E-state index >= 15 is 0 Å². The van der Waals surface area contributed by atoms with Crippen molar-refractivity contribution < 1.29 is 23.8 Å². The molecule has 2 aromatic rings. The standard InChI is InChI=1S/C24H25N3O5S/c1-4-27-14(3)20(23(29)30-5-2)21(26-24(27)33)15-7-6-8-17(11-15)25-22(28)16-9-10-18-19(12-16)32-13-31-18/h6-12,21H,4-5,13H2,1-3H3,(H,25,28)(H,26,33). The zero-order valence-corrected chi connectivity index (χ0v) is 19.5. The number of carbonyl (C=O) groups is 2. The van der Waals surface area contributed by atoms with Gasteiger partial charge in [-0.15, -0.1) is 0 Å². The zero-order chi connectivity index (χ0) is 23.5. The second-order valence-corrected chi connectivity index (χ2v) is 7.88. The largest absolute Gasteiger partial charge is 0.463 e. The minimum absolute atomic E-state index is 0.143. The summed E-state index contributed by atoms with van der Waals surface area (Å²) in [5.41, 5.74) is 3.05. The minimum atomic E-state index is -0.498. The molecule has 172 valence electrons. The zero-order valence-electron chi connectivity index (χ0n) is 18.6. The van der Waals surface area contributed by atoms with Gasteiger partial charge in [-0.05, 0) is 68.9 Å². The predicted octanol–water partition coefficient (Wildman–Crippen LogP) is 3.76. The lowest BCUT2D eigenvalue weighted by molar-refractivity contribution is -0.139. The molecule has 0 radical (unpaired) electrons. The van der Waals surface area contributed by atoms with E-state index < -0.39 is 12.0 Å². The molecule has 0 spiro atoms. The molecule has 0 saturated heterocycles. The Morgan fingerprint density at radius 3 is 2.73 bits per heavy atom. The van der Waals surface area contributed by atoms with Gasteiger partial charge in [0.2, 0.25) is 6.79 Å². The Morgan fingerprint density at radius 1 is 1.18 bits per heavy atom. The summed E-state index contributed by atoms with van der Waals surface area (Å²) in [5.74, 6) is 0.467. The highest BCUT2D eigenvalue weighted by atomic mass is 32.1. The SMILES string of the molecule is CCOC(=O)C1=C(C)N(CC)C(=S)NC1c1cccc(NC(=O)c2ccc3c(c2)OCO3)c1. The molecule has 2 heterocycles. The number of allylic oxidation sites excluding steroid dienone is 1. The molecule has 2 aliphatic rings. The highest BCUT2D eigenvalue weighted by molar-refractivity contribution is 7.80. The van der Waals surface area contributed by atoms with Crippen molar-refractivity contribution in [1.29, 1.82) is 0 Å². The van der Waals surface area contributed by atoms with E-state index in [2.05, 4.69) is 10.6 Å². The summed E-state index contributed by atoms with van der Waals surface area (Å²) < 4.78 is 16.0. The summed E-state index contributed by atoms with van der Waals surface area (Å²) in [6.07, 6.45) is 0. The Balaban J connectivity index is 1.62. The van der Waals surface area contributed by atoms with Crippen molar-refractivity contribution >= 4 is 34.9 Å². The predicted molar refractivity (Wildman–Crippen MR) is 127 cm³/mol. The fourth-order valence-electron chi connectivity index (χ4n) is 3.92. The third-order valence-electron chi connectivity index (χ3n) is 5.52. The summed E-state index contributed by atoms with van der Waals surface area (Å²) in [6, 6.07) is 11.8. The van der Waals surface area contributed by atoms with Gasteiger partial charge in [0.15, 0.2) is 16.6 Å². The van der Waals surface area contributed by atoms with E-state index in [-0.39, 0.29) is 19.3 Å². The molecule has 0 saturated carbocycles. The number of amides is 1. The van der Waals surface area contributed by atoms with Gasteiger partial charge in [-0.3, -0.25) is 4.79 Å². The summed E-state index contributed by atoms with van der Waals surface area (Å²) >= 11 is 5.53. The van der Waals surface area contributed by atoms with E-state index in [1.54, 1.807) is 31.2 Å². The Morgan fingerprint density at radius 2 is 1.97 bits per heavy atom. The molecular weight excluding hydrogens is 442 g/mol. The van der Waals surface area contributed by atoms with Crippen LogP contribution in [0.25, 0.3) is 0 Å². The van der Waals surface area contributed by atoms with Gasteiger partial charge in [0.25, 0.3) is 5.91 Å². The summed E-state index contributed by atoms with van der Waals surface area (Å²) in [4.78, 5) is 27.5. The van der Waals surface area contributed by atoms with E-state index in [1.807, 2.05) is 36.9 Å². The second kappa shape index (κ2) is 9.50. The van der Waals surface area contributed by atoms with Gasteiger partial charge in [-0.25, -0.2) is 4.79 Å². The number of thiocarbonyl (C=S) groups is 1. The van der Waals surface area contributed by atoms with Gasteiger partial charge in [0.1, 0.15) is 0 Å². The topological polar surface area (TPSA) is 89.1 Å². The van der Waals surface area contributed by atoms with E-state index in [0.717, 1.165) is 11.3 Å². The van der Waals surface area contributed by atoms with Crippen molar-refractivity contribution in [3.63, 3.8) is 0 Å². The first-order valence-electron chi connectivity index (χ1n) is 10.7. The van der Waals surface area contributed by atoms with Crippen LogP contribution in [0.2, 0.25) is 0 Å². The van der Waals surface area contributed by atoms with Crippen LogP contribution in [0.4, 0.5) is 5.69 Å². The third-order valence-corrected chi connectivity index (χ3v) is 5.86. The summed E-state index contributed by atoms with van der Waals surface area (Å²) in [7, 11) is 0. The fraction of sp³-hybridized carbons (Fsp3) is 0.292. The van der Waals surface area contributed by atoms with Crippen molar-refractivity contribution in [1.82, 2.24) is 10.2 Å². The van der Waals surface area contributed by atoms with Gasteiger partial charge < -0.3 is 29.7 Å². The molecule has 0 aromatic heterocycles. The van der Waals surface area contributed by atoms with Gasteiger partial charge >= 0.3 is 5.97 Å². The second-order valence-electron chi connectivity index (χ2n) is 7.49. The number of nitrogens with one attached hydrogen (secondary N) is 2. The monoisotopic (exact) mass is 467 g/mol. The van der Waals surface area contributed by atoms with Crippen molar-refractivity contribution in [2.75, 3.05) is 25.3 Å². The maximum atomic E-state index is 12.8. The van der Waals surface area contributed by atoms with Crippen LogP contribution in [0.3, 0.4) is 0 Å². The smallest absolute Gasteiger partial charge is 0.338 e. The fourth-order valence-corrected chi connectivity index (χ4v) is 4.31. The quantitative estimate of drug-likeness (QED) is 0.491. The molecule has 33 heavy (non-hydrogen) atoms. The van der Waals surface area contributed by atoms with Crippen LogP contribution < -0.4 is 20.1 Å². The molecule has 0 fully saturated rings. The first kappa shape index (κ1) is 22.6. The first-order valence-corrected chi connectivity index (χ1v) is 11.1. The highest BCUT2D eigenvalue weighted by Gasteiger charge is 2.34. The molecule has 0 aliphatic carbocycles. The van der Waals surface area contributed by atoms with E-state index in [4.69, 9.17) is 26.4 Å². The highest BCUT2D eigenvalue weighted by Crippen LogP contribution is 2.34.